The molecule has 1 spiro atoms. The number of alkyl halides is 3. The van der Waals surface area contributed by atoms with E-state index in [0.29, 0.717) is 28.5 Å². The maximum Gasteiger partial charge on any atom is 0.434 e. The average Bonchev–Trinajstić information content (AvgIpc) is 3.39. The molecule has 1 atom stereocenters. The molecule has 2 aliphatic rings. The minimum atomic E-state index is -4.54. The van der Waals surface area contributed by atoms with Crippen LogP contribution >= 0.6 is 11.8 Å². The summed E-state index contributed by atoms with van der Waals surface area (Å²) in [6.45, 7) is 10.4. The van der Waals surface area contributed by atoms with E-state index in [2.05, 4.69) is 33.5 Å². The number of piperidine rings is 1. The van der Waals surface area contributed by atoms with Gasteiger partial charge in [-0.25, -0.2) is 4.98 Å². The third kappa shape index (κ3) is 5.35. The first-order valence-electron chi connectivity index (χ1n) is 11.3. The van der Waals surface area contributed by atoms with Gasteiger partial charge in [-0.15, -0.1) is 0 Å². The summed E-state index contributed by atoms with van der Waals surface area (Å²) < 4.78 is 42.5. The van der Waals surface area contributed by atoms with E-state index >= 15 is 0 Å². The van der Waals surface area contributed by atoms with Gasteiger partial charge in [0.15, 0.2) is 5.69 Å². The van der Waals surface area contributed by atoms with E-state index in [0.717, 1.165) is 37.0 Å². The maximum absolute atomic E-state index is 13.5. The van der Waals surface area contributed by atoms with Crippen LogP contribution in [-0.4, -0.2) is 39.2 Å². The number of rotatable bonds is 6. The number of halogens is 3. The summed E-state index contributed by atoms with van der Waals surface area (Å²) >= 11 is 0.986. The molecule has 0 radical (unpaired) electrons. The van der Waals surface area contributed by atoms with Gasteiger partial charge >= 0.3 is 6.18 Å². The number of imidazole rings is 1. The Bertz CT molecular complexity index is 1020. The number of aliphatic imine (C=N–C) groups is 1. The molecule has 0 aromatic carbocycles. The van der Waals surface area contributed by atoms with E-state index in [1.807, 2.05) is 10.8 Å². The van der Waals surface area contributed by atoms with Crippen molar-refractivity contribution in [3.05, 3.63) is 47.9 Å². The first-order chi connectivity index (χ1) is 15.7. The third-order valence-electron chi connectivity index (χ3n) is 6.95. The Morgan fingerprint density at radius 1 is 1.24 bits per heavy atom. The zero-order valence-corrected chi connectivity index (χ0v) is 19.9. The molecule has 1 saturated heterocycles. The van der Waals surface area contributed by atoms with Gasteiger partial charge in [0, 0.05) is 36.6 Å². The molecule has 1 aliphatic carbocycles. The molecule has 2 aromatic rings. The summed E-state index contributed by atoms with van der Waals surface area (Å²) in [4.78, 5) is 15.1. The topological polar surface area (TPSA) is 46.3 Å². The molecular weight excluding hydrogens is 447 g/mol. The largest absolute Gasteiger partial charge is 0.434 e. The second kappa shape index (κ2) is 9.62. The van der Waals surface area contributed by atoms with Crippen LogP contribution in [0.25, 0.3) is 4.91 Å². The molecule has 4 rings (SSSR count). The molecule has 0 bridgehead atoms. The Hall–Kier alpha value is -2.13. The Balaban J connectivity index is 1.54. The molecule has 3 heterocycles. The molecule has 0 unspecified atom stereocenters. The lowest BCUT2D eigenvalue weighted by molar-refractivity contribution is -0.143. The highest BCUT2D eigenvalue weighted by Gasteiger charge is 2.40. The van der Waals surface area contributed by atoms with Crippen molar-refractivity contribution in [2.75, 3.05) is 13.1 Å². The Morgan fingerprint density at radius 3 is 2.64 bits per heavy atom. The van der Waals surface area contributed by atoms with Crippen LogP contribution in [0.15, 0.2) is 46.3 Å². The minimum absolute atomic E-state index is 0.0211. The summed E-state index contributed by atoms with van der Waals surface area (Å²) in [5.74, 6) is 1.42. The van der Waals surface area contributed by atoms with E-state index in [1.165, 1.54) is 44.2 Å². The van der Waals surface area contributed by atoms with Crippen molar-refractivity contribution < 1.29 is 13.2 Å². The van der Waals surface area contributed by atoms with Crippen LogP contribution in [0.3, 0.4) is 0 Å². The summed E-state index contributed by atoms with van der Waals surface area (Å²) in [6.07, 6.45) is 6.58. The highest BCUT2D eigenvalue weighted by molar-refractivity contribution is 8.08. The van der Waals surface area contributed by atoms with Crippen LogP contribution in [0.4, 0.5) is 13.2 Å². The third-order valence-corrected chi connectivity index (χ3v) is 8.19. The molecule has 1 saturated carbocycles. The molecule has 0 amide bonds. The number of pyridine rings is 1. The van der Waals surface area contributed by atoms with Crippen molar-refractivity contribution in [1.29, 1.82) is 0 Å². The van der Waals surface area contributed by atoms with Gasteiger partial charge in [0.2, 0.25) is 0 Å². The molecule has 9 heteroatoms. The molecule has 5 nitrogen and oxygen atoms in total. The van der Waals surface area contributed by atoms with Crippen molar-refractivity contribution in [3.8, 4) is 0 Å². The van der Waals surface area contributed by atoms with Gasteiger partial charge in [-0.05, 0) is 62.8 Å². The van der Waals surface area contributed by atoms with Gasteiger partial charge in [0.05, 0.1) is 17.3 Å². The van der Waals surface area contributed by atoms with E-state index in [4.69, 9.17) is 0 Å². The normalized spacial score (nSPS) is 21.9. The van der Waals surface area contributed by atoms with Gasteiger partial charge in [0.1, 0.15) is 5.82 Å². The fourth-order valence-corrected chi connectivity index (χ4v) is 6.22. The van der Waals surface area contributed by atoms with Crippen molar-refractivity contribution in [2.24, 2.45) is 16.3 Å². The Labute approximate surface area is 197 Å². The number of hydrogen-bond acceptors (Lipinski definition) is 5. The lowest BCUT2D eigenvalue weighted by Gasteiger charge is -2.39. The quantitative estimate of drug-likeness (QED) is 0.360. The molecule has 0 N–H and O–H groups in total. The molecule has 2 fully saturated rings. The SMILES string of the molecule is C=N/C(C)=C(/Sc1cccnc1C(F)(F)F)c1nccn1CN1CCC2(CC[C@@H](C)C2)CC1. The molecule has 1 aliphatic heterocycles. The average molecular weight is 478 g/mol. The molecular formula is C24H30F3N5S. The first-order valence-corrected chi connectivity index (χ1v) is 12.1. The summed E-state index contributed by atoms with van der Waals surface area (Å²) in [6, 6.07) is 2.93. The van der Waals surface area contributed by atoms with Gasteiger partial charge in [-0.2, -0.15) is 13.2 Å². The summed E-state index contributed by atoms with van der Waals surface area (Å²) in [5.41, 5.74) is 0.128. The van der Waals surface area contributed by atoms with Crippen molar-refractivity contribution >= 4 is 23.4 Å². The predicted octanol–water partition coefficient (Wildman–Crippen LogP) is 6.34. The fourth-order valence-electron chi connectivity index (χ4n) is 5.12. The zero-order chi connectivity index (χ0) is 23.6. The summed E-state index contributed by atoms with van der Waals surface area (Å²) in [7, 11) is 0. The molecule has 33 heavy (non-hydrogen) atoms. The summed E-state index contributed by atoms with van der Waals surface area (Å²) in [5, 5.41) is 0. The number of likely N-dealkylation sites (tertiary alicyclic amines) is 1. The van der Waals surface area contributed by atoms with Crippen LogP contribution in [0.2, 0.25) is 0 Å². The zero-order valence-electron chi connectivity index (χ0n) is 19.1. The lowest BCUT2D eigenvalue weighted by atomic mass is 9.76. The fraction of sp³-hybridized carbons (Fsp3) is 0.542. The Kier molecular flexibility index (Phi) is 7.00. The second-order valence-electron chi connectivity index (χ2n) is 9.35. The smallest absolute Gasteiger partial charge is 0.317 e. The number of aromatic nitrogens is 3. The van der Waals surface area contributed by atoms with Crippen molar-refractivity contribution in [3.63, 3.8) is 0 Å². The monoisotopic (exact) mass is 477 g/mol. The van der Waals surface area contributed by atoms with E-state index in [-0.39, 0.29) is 4.90 Å². The lowest BCUT2D eigenvalue weighted by Crippen LogP contribution is -2.40. The second-order valence-corrected chi connectivity index (χ2v) is 10.4. The first kappa shape index (κ1) is 24.0. The maximum atomic E-state index is 13.5. The van der Waals surface area contributed by atoms with Crippen LogP contribution in [0.1, 0.15) is 57.5 Å². The molecule has 178 valence electrons. The predicted molar refractivity (Wildman–Crippen MR) is 126 cm³/mol. The van der Waals surface area contributed by atoms with Crippen LogP contribution < -0.4 is 0 Å². The van der Waals surface area contributed by atoms with E-state index < -0.39 is 11.9 Å². The number of nitrogens with zero attached hydrogens (tertiary/aromatic N) is 5. The number of thioether (sulfide) groups is 1. The Morgan fingerprint density at radius 2 is 2.00 bits per heavy atom. The van der Waals surface area contributed by atoms with Gasteiger partial charge in [0.25, 0.3) is 0 Å². The van der Waals surface area contributed by atoms with E-state index in [1.54, 1.807) is 13.1 Å². The van der Waals surface area contributed by atoms with Crippen LogP contribution in [0.5, 0.6) is 0 Å². The standard InChI is InChI=1S/C24H30F3N5S/c1-17-6-7-23(15-17)8-12-31(13-9-23)16-32-14-11-30-22(32)20(18(2)28-3)33-19-5-4-10-29-21(19)24(25,26)27/h4-5,10-11,14,17H,3,6-9,12-13,15-16H2,1-2H3/b20-18+/t17-/m1/s1. The molecule has 2 aromatic heterocycles. The number of allylic oxidation sites excluding steroid dienone is 1. The van der Waals surface area contributed by atoms with E-state index in [9.17, 15) is 13.2 Å². The van der Waals surface area contributed by atoms with Crippen molar-refractivity contribution in [2.45, 2.75) is 63.7 Å². The highest BCUT2D eigenvalue weighted by atomic mass is 32.2. The van der Waals surface area contributed by atoms with Gasteiger partial charge in [-0.1, -0.05) is 25.1 Å². The van der Waals surface area contributed by atoms with Crippen LogP contribution in [-0.2, 0) is 12.8 Å². The van der Waals surface area contributed by atoms with Crippen LogP contribution in [0, 0.1) is 11.3 Å². The number of hydrogen-bond donors (Lipinski definition) is 0. The highest BCUT2D eigenvalue weighted by Crippen LogP contribution is 2.49. The van der Waals surface area contributed by atoms with Gasteiger partial charge in [-0.3, -0.25) is 14.9 Å². The van der Waals surface area contributed by atoms with Gasteiger partial charge < -0.3 is 4.57 Å². The minimum Gasteiger partial charge on any atom is -0.317 e. The van der Waals surface area contributed by atoms with Crippen molar-refractivity contribution in [1.82, 2.24) is 19.4 Å².